The van der Waals surface area contributed by atoms with Crippen LogP contribution in [0.1, 0.15) is 72.6 Å². The maximum atomic E-state index is 2.29. The van der Waals surface area contributed by atoms with Crippen molar-refractivity contribution in [1.82, 2.24) is 0 Å². The van der Waals surface area contributed by atoms with Gasteiger partial charge < -0.3 is 0 Å². The fourth-order valence-electron chi connectivity index (χ4n) is 1.71. The smallest absolute Gasteiger partial charge is 0.0318 e. The standard InChI is InChI=1S/C13H26/c1-5-8-9-10-11-13(7-3)12(4)6-2/h5-11H2,1-4H3. The molecule has 0 unspecified atom stereocenters. The fourth-order valence-corrected chi connectivity index (χ4v) is 1.71. The molecule has 0 amide bonds. The minimum absolute atomic E-state index is 1.23. The third-order valence-corrected chi connectivity index (χ3v) is 2.89. The number of unbranched alkanes of at least 4 members (excludes halogenated alkanes) is 3. The molecule has 0 atom stereocenters. The first-order valence-corrected chi connectivity index (χ1v) is 5.93. The third kappa shape index (κ3) is 5.90. The van der Waals surface area contributed by atoms with Gasteiger partial charge in [0.15, 0.2) is 0 Å². The van der Waals surface area contributed by atoms with Crippen molar-refractivity contribution in [2.75, 3.05) is 0 Å². The highest BCUT2D eigenvalue weighted by atomic mass is 14.0. The molecule has 78 valence electrons. The number of hydrogen-bond acceptors (Lipinski definition) is 0. The van der Waals surface area contributed by atoms with Crippen LogP contribution < -0.4 is 0 Å². The van der Waals surface area contributed by atoms with Gasteiger partial charge in [0.2, 0.25) is 0 Å². The largest absolute Gasteiger partial charge is 0.0744 e. The predicted molar refractivity (Wildman–Crippen MR) is 62.0 cm³/mol. The van der Waals surface area contributed by atoms with Crippen LogP contribution in [0.2, 0.25) is 0 Å². The second-order valence-corrected chi connectivity index (χ2v) is 3.90. The van der Waals surface area contributed by atoms with Crippen LogP contribution in [-0.2, 0) is 0 Å². The lowest BCUT2D eigenvalue weighted by molar-refractivity contribution is 0.653. The minimum Gasteiger partial charge on any atom is -0.0744 e. The van der Waals surface area contributed by atoms with Gasteiger partial charge in [0.25, 0.3) is 0 Å². The molecule has 13 heavy (non-hydrogen) atoms. The first-order chi connectivity index (χ1) is 6.26. The molecule has 0 saturated heterocycles. The van der Waals surface area contributed by atoms with Crippen molar-refractivity contribution in [2.45, 2.75) is 72.6 Å². The van der Waals surface area contributed by atoms with Gasteiger partial charge in [-0.3, -0.25) is 0 Å². The Morgan fingerprint density at radius 2 is 1.54 bits per heavy atom. The van der Waals surface area contributed by atoms with Gasteiger partial charge >= 0.3 is 0 Å². The molecule has 0 heterocycles. The molecule has 0 aliphatic carbocycles. The van der Waals surface area contributed by atoms with Crippen molar-refractivity contribution in [3.63, 3.8) is 0 Å². The normalized spacial score (nSPS) is 12.9. The van der Waals surface area contributed by atoms with E-state index < -0.39 is 0 Å². The average molecular weight is 182 g/mol. The molecule has 0 radical (unpaired) electrons. The SMILES string of the molecule is CCCCCCC(CC)=C(C)CC. The first kappa shape index (κ1) is 12.7. The van der Waals surface area contributed by atoms with Crippen LogP contribution in [0.4, 0.5) is 0 Å². The third-order valence-electron chi connectivity index (χ3n) is 2.89. The summed E-state index contributed by atoms with van der Waals surface area (Å²) in [6.45, 7) is 9.11. The van der Waals surface area contributed by atoms with E-state index >= 15 is 0 Å². The van der Waals surface area contributed by atoms with Crippen molar-refractivity contribution >= 4 is 0 Å². The topological polar surface area (TPSA) is 0 Å². The summed E-state index contributed by atoms with van der Waals surface area (Å²) in [4.78, 5) is 0. The van der Waals surface area contributed by atoms with Crippen LogP contribution in [-0.4, -0.2) is 0 Å². The summed E-state index contributed by atoms with van der Waals surface area (Å²) in [5.41, 5.74) is 3.33. The lowest BCUT2D eigenvalue weighted by atomic mass is 9.98. The summed E-state index contributed by atoms with van der Waals surface area (Å²) in [6, 6.07) is 0. The van der Waals surface area contributed by atoms with E-state index in [1.165, 1.54) is 44.9 Å². The Morgan fingerprint density at radius 1 is 0.846 bits per heavy atom. The summed E-state index contributed by atoms with van der Waals surface area (Å²) in [5.74, 6) is 0. The molecule has 0 aliphatic heterocycles. The molecule has 0 bridgehead atoms. The zero-order valence-electron chi connectivity index (χ0n) is 9.95. The van der Waals surface area contributed by atoms with Crippen LogP contribution in [0.15, 0.2) is 11.1 Å². The van der Waals surface area contributed by atoms with E-state index in [1.54, 1.807) is 11.1 Å². The molecule has 0 saturated carbocycles. The van der Waals surface area contributed by atoms with Gasteiger partial charge in [-0.2, -0.15) is 0 Å². The van der Waals surface area contributed by atoms with E-state index in [0.717, 1.165) is 0 Å². The molecule has 0 fully saturated rings. The maximum Gasteiger partial charge on any atom is -0.0318 e. The first-order valence-electron chi connectivity index (χ1n) is 5.93. The van der Waals surface area contributed by atoms with Gasteiger partial charge in [-0.15, -0.1) is 0 Å². The Balaban J connectivity index is 3.72. The Morgan fingerprint density at radius 3 is 2.00 bits per heavy atom. The zero-order valence-corrected chi connectivity index (χ0v) is 9.95. The van der Waals surface area contributed by atoms with E-state index in [9.17, 15) is 0 Å². The lowest BCUT2D eigenvalue weighted by Gasteiger charge is -2.08. The second-order valence-electron chi connectivity index (χ2n) is 3.90. The van der Waals surface area contributed by atoms with E-state index in [4.69, 9.17) is 0 Å². The van der Waals surface area contributed by atoms with Crippen molar-refractivity contribution in [1.29, 1.82) is 0 Å². The van der Waals surface area contributed by atoms with Crippen molar-refractivity contribution in [3.05, 3.63) is 11.1 Å². The minimum atomic E-state index is 1.23. The van der Waals surface area contributed by atoms with Crippen LogP contribution in [0.3, 0.4) is 0 Å². The molecule has 0 heteroatoms. The molecule has 0 nitrogen and oxygen atoms in total. The average Bonchev–Trinajstić information content (AvgIpc) is 2.17. The Labute approximate surface area is 84.4 Å². The summed E-state index contributed by atoms with van der Waals surface area (Å²) in [5, 5.41) is 0. The van der Waals surface area contributed by atoms with Gasteiger partial charge in [-0.1, -0.05) is 51.2 Å². The van der Waals surface area contributed by atoms with Gasteiger partial charge in [0, 0.05) is 0 Å². The fraction of sp³-hybridized carbons (Fsp3) is 0.846. The van der Waals surface area contributed by atoms with Crippen molar-refractivity contribution in [3.8, 4) is 0 Å². The molecule has 0 aromatic carbocycles. The van der Waals surface area contributed by atoms with Crippen molar-refractivity contribution in [2.24, 2.45) is 0 Å². The quantitative estimate of drug-likeness (QED) is 0.380. The Kier molecular flexibility index (Phi) is 8.18. The van der Waals surface area contributed by atoms with E-state index in [-0.39, 0.29) is 0 Å². The summed E-state index contributed by atoms with van der Waals surface area (Å²) >= 11 is 0. The monoisotopic (exact) mass is 182 g/mol. The van der Waals surface area contributed by atoms with E-state index in [2.05, 4.69) is 27.7 Å². The molecule has 0 aromatic heterocycles. The molecule has 0 rings (SSSR count). The predicted octanol–water partition coefficient (Wildman–Crippen LogP) is 5.09. The highest BCUT2D eigenvalue weighted by Crippen LogP contribution is 2.18. The van der Waals surface area contributed by atoms with Gasteiger partial charge in [0.1, 0.15) is 0 Å². The molecular formula is C13H26. The molecule has 0 spiro atoms. The van der Waals surface area contributed by atoms with Crippen LogP contribution in [0.5, 0.6) is 0 Å². The summed E-state index contributed by atoms with van der Waals surface area (Å²) in [7, 11) is 0. The zero-order chi connectivity index (χ0) is 10.1. The lowest BCUT2D eigenvalue weighted by Crippen LogP contribution is -1.88. The summed E-state index contributed by atoms with van der Waals surface area (Å²) < 4.78 is 0. The summed E-state index contributed by atoms with van der Waals surface area (Å²) in [6.07, 6.45) is 9.39. The second kappa shape index (κ2) is 8.34. The molecule has 0 aromatic rings. The number of hydrogen-bond donors (Lipinski definition) is 0. The van der Waals surface area contributed by atoms with Gasteiger partial charge in [-0.05, 0) is 32.6 Å². The molecule has 0 N–H and O–H groups in total. The number of rotatable bonds is 7. The molecule has 0 aliphatic rings. The van der Waals surface area contributed by atoms with Gasteiger partial charge in [0.05, 0.1) is 0 Å². The van der Waals surface area contributed by atoms with Gasteiger partial charge in [-0.25, -0.2) is 0 Å². The Hall–Kier alpha value is -0.260. The Bertz CT molecular complexity index is 142. The van der Waals surface area contributed by atoms with Crippen LogP contribution in [0, 0.1) is 0 Å². The highest BCUT2D eigenvalue weighted by Gasteiger charge is 1.98. The van der Waals surface area contributed by atoms with Crippen molar-refractivity contribution < 1.29 is 0 Å². The van der Waals surface area contributed by atoms with Crippen LogP contribution >= 0.6 is 0 Å². The van der Waals surface area contributed by atoms with E-state index in [0.29, 0.717) is 0 Å². The van der Waals surface area contributed by atoms with E-state index in [1.807, 2.05) is 0 Å². The maximum absolute atomic E-state index is 2.29. The van der Waals surface area contributed by atoms with Crippen LogP contribution in [0.25, 0.3) is 0 Å². The number of allylic oxidation sites excluding steroid dienone is 2. The molecular weight excluding hydrogens is 156 g/mol. The highest BCUT2D eigenvalue weighted by molar-refractivity contribution is 5.10.